The topological polar surface area (TPSA) is 71.7 Å². The minimum absolute atomic E-state index is 0.228. The second kappa shape index (κ2) is 6.41. The Labute approximate surface area is 137 Å². The van der Waals surface area contributed by atoms with Crippen molar-refractivity contribution in [3.8, 4) is 0 Å². The molecule has 2 N–H and O–H groups in total. The van der Waals surface area contributed by atoms with Crippen LogP contribution in [0.4, 0.5) is 21.0 Å². The van der Waals surface area contributed by atoms with Crippen molar-refractivity contribution in [2.75, 3.05) is 48.8 Å². The number of esters is 1. The van der Waals surface area contributed by atoms with E-state index in [-0.39, 0.29) is 5.82 Å². The van der Waals surface area contributed by atoms with Crippen molar-refractivity contribution in [1.82, 2.24) is 4.98 Å². The summed E-state index contributed by atoms with van der Waals surface area (Å²) in [6.07, 6.45) is 0. The SMILES string of the molecule is COC(=O)c1sc(N)nc1N1CCN(c2ccccc2F)CC1. The molecule has 0 aliphatic carbocycles. The largest absolute Gasteiger partial charge is 0.465 e. The normalized spacial score (nSPS) is 14.9. The zero-order valence-electron chi connectivity index (χ0n) is 12.7. The fourth-order valence-electron chi connectivity index (χ4n) is 2.64. The number of hydrogen-bond acceptors (Lipinski definition) is 7. The molecule has 0 unspecified atom stereocenters. The second-order valence-electron chi connectivity index (χ2n) is 5.12. The van der Waals surface area contributed by atoms with Crippen molar-refractivity contribution in [3.63, 3.8) is 0 Å². The van der Waals surface area contributed by atoms with Crippen LogP contribution in [0.1, 0.15) is 9.67 Å². The first-order valence-corrected chi connectivity index (χ1v) is 8.01. The number of hydrogen-bond donors (Lipinski definition) is 1. The molecule has 1 aromatic carbocycles. The average molecular weight is 336 g/mol. The lowest BCUT2D eigenvalue weighted by atomic mass is 10.2. The Bertz CT molecular complexity index is 713. The molecule has 0 bridgehead atoms. The van der Waals surface area contributed by atoms with E-state index in [0.29, 0.717) is 47.7 Å². The molecule has 2 aromatic rings. The van der Waals surface area contributed by atoms with Gasteiger partial charge in [0.1, 0.15) is 5.82 Å². The maximum Gasteiger partial charge on any atom is 0.352 e. The zero-order chi connectivity index (χ0) is 16.4. The van der Waals surface area contributed by atoms with Crippen LogP contribution in [0.25, 0.3) is 0 Å². The van der Waals surface area contributed by atoms with Gasteiger partial charge in [0.2, 0.25) is 0 Å². The molecular weight excluding hydrogens is 319 g/mol. The Morgan fingerprint density at radius 2 is 1.91 bits per heavy atom. The molecule has 0 atom stereocenters. The van der Waals surface area contributed by atoms with Gasteiger partial charge >= 0.3 is 5.97 Å². The van der Waals surface area contributed by atoms with E-state index < -0.39 is 5.97 Å². The second-order valence-corrected chi connectivity index (χ2v) is 6.15. The molecule has 3 rings (SSSR count). The quantitative estimate of drug-likeness (QED) is 0.864. The summed E-state index contributed by atoms with van der Waals surface area (Å²) < 4.78 is 18.6. The number of benzene rings is 1. The van der Waals surface area contributed by atoms with E-state index in [0.717, 1.165) is 11.3 Å². The number of methoxy groups -OCH3 is 1. The lowest BCUT2D eigenvalue weighted by Gasteiger charge is -2.36. The first-order valence-electron chi connectivity index (χ1n) is 7.19. The van der Waals surface area contributed by atoms with Gasteiger partial charge in [0.15, 0.2) is 15.8 Å². The summed E-state index contributed by atoms with van der Waals surface area (Å²) >= 11 is 1.12. The van der Waals surface area contributed by atoms with Gasteiger partial charge in [-0.3, -0.25) is 0 Å². The maximum atomic E-state index is 13.9. The van der Waals surface area contributed by atoms with Gasteiger partial charge in [0, 0.05) is 26.2 Å². The molecule has 2 heterocycles. The number of piperazine rings is 1. The molecule has 0 radical (unpaired) electrons. The zero-order valence-corrected chi connectivity index (χ0v) is 13.5. The Balaban J connectivity index is 1.75. The fourth-order valence-corrected chi connectivity index (χ4v) is 3.41. The van der Waals surface area contributed by atoms with E-state index in [1.807, 2.05) is 15.9 Å². The highest BCUT2D eigenvalue weighted by Crippen LogP contribution is 2.30. The molecule has 0 spiro atoms. The maximum absolute atomic E-state index is 13.9. The van der Waals surface area contributed by atoms with Crippen molar-refractivity contribution < 1.29 is 13.9 Å². The highest BCUT2D eigenvalue weighted by atomic mass is 32.1. The van der Waals surface area contributed by atoms with Crippen LogP contribution in [-0.2, 0) is 4.74 Å². The summed E-state index contributed by atoms with van der Waals surface area (Å²) in [6.45, 7) is 2.53. The lowest BCUT2D eigenvalue weighted by molar-refractivity contribution is 0.0606. The summed E-state index contributed by atoms with van der Waals surface area (Å²) in [6, 6.07) is 6.72. The van der Waals surface area contributed by atoms with Crippen molar-refractivity contribution in [2.24, 2.45) is 0 Å². The van der Waals surface area contributed by atoms with Crippen molar-refractivity contribution >= 4 is 33.9 Å². The van der Waals surface area contributed by atoms with Crippen molar-refractivity contribution in [3.05, 3.63) is 35.0 Å². The molecule has 1 saturated heterocycles. The van der Waals surface area contributed by atoms with Gasteiger partial charge in [-0.2, -0.15) is 0 Å². The standard InChI is InChI=1S/C15H17FN4O2S/c1-22-14(21)12-13(18-15(17)23-12)20-8-6-19(7-9-20)11-5-3-2-4-10(11)16/h2-5H,6-9H2,1H3,(H2,17,18). The number of nitrogen functional groups attached to an aromatic ring is 1. The summed E-state index contributed by atoms with van der Waals surface area (Å²) in [5.41, 5.74) is 6.33. The third-order valence-corrected chi connectivity index (χ3v) is 4.62. The van der Waals surface area contributed by atoms with E-state index >= 15 is 0 Å². The number of carbonyl (C=O) groups excluding carboxylic acids is 1. The van der Waals surface area contributed by atoms with Gasteiger partial charge in [0.05, 0.1) is 12.8 Å². The molecule has 6 nitrogen and oxygen atoms in total. The molecule has 1 aliphatic heterocycles. The van der Waals surface area contributed by atoms with E-state index in [1.165, 1.54) is 13.2 Å². The monoisotopic (exact) mass is 336 g/mol. The van der Waals surface area contributed by atoms with E-state index in [2.05, 4.69) is 4.98 Å². The third kappa shape index (κ3) is 3.07. The van der Waals surface area contributed by atoms with Gasteiger partial charge in [-0.05, 0) is 12.1 Å². The summed E-state index contributed by atoms with van der Waals surface area (Å²) in [7, 11) is 1.33. The summed E-state index contributed by atoms with van der Waals surface area (Å²) in [5, 5.41) is 0.330. The minimum Gasteiger partial charge on any atom is -0.465 e. The van der Waals surface area contributed by atoms with Crippen LogP contribution in [0.2, 0.25) is 0 Å². The fraction of sp³-hybridized carbons (Fsp3) is 0.333. The Morgan fingerprint density at radius 3 is 2.57 bits per heavy atom. The number of para-hydroxylation sites is 1. The number of anilines is 3. The van der Waals surface area contributed by atoms with Crippen LogP contribution in [-0.4, -0.2) is 44.2 Å². The Kier molecular flexibility index (Phi) is 4.33. The molecule has 8 heteroatoms. The first-order chi connectivity index (χ1) is 11.1. The number of aromatic nitrogens is 1. The van der Waals surface area contributed by atoms with E-state index in [1.54, 1.807) is 12.1 Å². The number of thiazole rings is 1. The lowest BCUT2D eigenvalue weighted by Crippen LogP contribution is -2.47. The van der Waals surface area contributed by atoms with E-state index in [9.17, 15) is 9.18 Å². The van der Waals surface area contributed by atoms with Crippen LogP contribution >= 0.6 is 11.3 Å². The highest BCUT2D eigenvalue weighted by molar-refractivity contribution is 7.17. The van der Waals surface area contributed by atoms with Gasteiger partial charge in [-0.15, -0.1) is 0 Å². The number of rotatable bonds is 3. The van der Waals surface area contributed by atoms with Crippen molar-refractivity contribution in [2.45, 2.75) is 0 Å². The van der Waals surface area contributed by atoms with Gasteiger partial charge in [0.25, 0.3) is 0 Å². The first kappa shape index (κ1) is 15.5. The number of nitrogens with two attached hydrogens (primary N) is 1. The Morgan fingerprint density at radius 1 is 1.26 bits per heavy atom. The average Bonchev–Trinajstić information content (AvgIpc) is 2.97. The van der Waals surface area contributed by atoms with Crippen LogP contribution in [0.15, 0.2) is 24.3 Å². The summed E-state index contributed by atoms with van der Waals surface area (Å²) in [5.74, 6) is -0.118. The molecule has 1 fully saturated rings. The smallest absolute Gasteiger partial charge is 0.352 e. The van der Waals surface area contributed by atoms with Crippen LogP contribution in [0, 0.1) is 5.82 Å². The summed E-state index contributed by atoms with van der Waals surface area (Å²) in [4.78, 5) is 20.4. The van der Waals surface area contributed by atoms with Crippen LogP contribution < -0.4 is 15.5 Å². The highest BCUT2D eigenvalue weighted by Gasteiger charge is 2.26. The van der Waals surface area contributed by atoms with Gasteiger partial charge in [-0.1, -0.05) is 23.5 Å². The van der Waals surface area contributed by atoms with Gasteiger partial charge < -0.3 is 20.3 Å². The number of ether oxygens (including phenoxy) is 1. The Hall–Kier alpha value is -2.35. The molecule has 0 amide bonds. The minimum atomic E-state index is -0.439. The molecule has 0 saturated carbocycles. The number of halogens is 1. The predicted molar refractivity (Wildman–Crippen MR) is 88.7 cm³/mol. The number of carbonyl (C=O) groups is 1. The van der Waals surface area contributed by atoms with E-state index in [4.69, 9.17) is 10.5 Å². The predicted octanol–water partition coefficient (Wildman–Crippen LogP) is 1.98. The van der Waals surface area contributed by atoms with Crippen LogP contribution in [0.3, 0.4) is 0 Å². The van der Waals surface area contributed by atoms with Crippen molar-refractivity contribution in [1.29, 1.82) is 0 Å². The molecule has 23 heavy (non-hydrogen) atoms. The molecular formula is C15H17FN4O2S. The molecule has 1 aliphatic rings. The molecule has 122 valence electrons. The molecule has 1 aromatic heterocycles. The van der Waals surface area contributed by atoms with Crippen LogP contribution in [0.5, 0.6) is 0 Å². The number of nitrogens with zero attached hydrogens (tertiary/aromatic N) is 3. The van der Waals surface area contributed by atoms with Gasteiger partial charge in [-0.25, -0.2) is 14.2 Å². The third-order valence-electron chi connectivity index (χ3n) is 3.77.